The third-order valence-corrected chi connectivity index (χ3v) is 5.31. The summed E-state index contributed by atoms with van der Waals surface area (Å²) in [6.45, 7) is 11.2. The molecule has 6 heteroatoms. The summed E-state index contributed by atoms with van der Waals surface area (Å²) in [6.07, 6.45) is 4.77. The first-order valence-electron chi connectivity index (χ1n) is 8.86. The maximum absolute atomic E-state index is 12.3. The number of ether oxygens (including phenoxy) is 4. The molecular weight excluding hydrogens is 336 g/mol. The van der Waals surface area contributed by atoms with E-state index in [9.17, 15) is 9.59 Å². The zero-order chi connectivity index (χ0) is 19.3. The zero-order valence-corrected chi connectivity index (χ0v) is 15.9. The quantitative estimate of drug-likeness (QED) is 0.437. The van der Waals surface area contributed by atoms with Crippen molar-refractivity contribution in [3.63, 3.8) is 0 Å². The first kappa shape index (κ1) is 18.9. The Labute approximate surface area is 153 Å². The summed E-state index contributed by atoms with van der Waals surface area (Å²) < 4.78 is 23.2. The van der Waals surface area contributed by atoms with Crippen molar-refractivity contribution < 1.29 is 28.5 Å². The minimum absolute atomic E-state index is 0.282. The number of methoxy groups -OCH3 is 1. The van der Waals surface area contributed by atoms with E-state index in [0.717, 1.165) is 5.57 Å². The molecule has 6 nitrogen and oxygen atoms in total. The van der Waals surface area contributed by atoms with Gasteiger partial charge in [0.2, 0.25) is 5.79 Å². The summed E-state index contributed by atoms with van der Waals surface area (Å²) in [5.41, 5.74) is 0.374. The first-order valence-corrected chi connectivity index (χ1v) is 8.86. The van der Waals surface area contributed by atoms with Crippen molar-refractivity contribution in [1.82, 2.24) is 0 Å². The molecule has 0 saturated carbocycles. The highest BCUT2D eigenvalue weighted by molar-refractivity contribution is 5.91. The van der Waals surface area contributed by atoms with Crippen LogP contribution in [-0.2, 0) is 28.5 Å². The minimum Gasteiger partial charge on any atom is -0.461 e. The summed E-state index contributed by atoms with van der Waals surface area (Å²) in [7, 11) is 1.57. The second-order valence-electron chi connectivity index (χ2n) is 7.72. The third-order valence-electron chi connectivity index (χ3n) is 5.31. The zero-order valence-electron chi connectivity index (χ0n) is 15.9. The molecule has 2 bridgehead atoms. The number of hydrogen-bond acceptors (Lipinski definition) is 6. The van der Waals surface area contributed by atoms with E-state index in [1.165, 1.54) is 0 Å². The molecule has 3 aliphatic rings. The highest BCUT2D eigenvalue weighted by Crippen LogP contribution is 2.45. The van der Waals surface area contributed by atoms with Crippen LogP contribution < -0.4 is 0 Å². The molecule has 0 aromatic rings. The maximum atomic E-state index is 12.3. The molecule has 0 radical (unpaired) electrons. The van der Waals surface area contributed by atoms with E-state index in [1.807, 2.05) is 32.1 Å². The Morgan fingerprint density at radius 1 is 1.38 bits per heavy atom. The lowest BCUT2D eigenvalue weighted by Crippen LogP contribution is -2.41. The largest absolute Gasteiger partial charge is 0.461 e. The molecule has 5 atom stereocenters. The van der Waals surface area contributed by atoms with E-state index in [4.69, 9.17) is 18.9 Å². The number of hydrogen-bond donors (Lipinski definition) is 0. The number of fused-ring (bicyclic) bond motifs is 3. The lowest BCUT2D eigenvalue weighted by Gasteiger charge is -2.34. The van der Waals surface area contributed by atoms with Crippen molar-refractivity contribution >= 4 is 11.9 Å². The Balaban J connectivity index is 2.06. The molecule has 0 N–H and O–H groups in total. The van der Waals surface area contributed by atoms with E-state index in [-0.39, 0.29) is 11.9 Å². The molecule has 3 rings (SSSR count). The van der Waals surface area contributed by atoms with Crippen LogP contribution in [0.1, 0.15) is 34.1 Å². The lowest BCUT2D eigenvalue weighted by atomic mass is 9.83. The Kier molecular flexibility index (Phi) is 4.61. The smallest absolute Gasteiger partial charge is 0.334 e. The summed E-state index contributed by atoms with van der Waals surface area (Å²) in [5, 5.41) is 0. The predicted molar refractivity (Wildman–Crippen MR) is 94.0 cm³/mol. The van der Waals surface area contributed by atoms with Crippen molar-refractivity contribution in [2.24, 2.45) is 11.8 Å². The fourth-order valence-electron chi connectivity index (χ4n) is 3.76. The van der Waals surface area contributed by atoms with Gasteiger partial charge in [0.25, 0.3) is 0 Å². The molecule has 0 aliphatic carbocycles. The van der Waals surface area contributed by atoms with Gasteiger partial charge in [-0.1, -0.05) is 26.5 Å². The molecule has 0 amide bonds. The van der Waals surface area contributed by atoms with Crippen molar-refractivity contribution in [3.05, 3.63) is 36.0 Å². The van der Waals surface area contributed by atoms with Crippen LogP contribution in [0.4, 0.5) is 0 Å². The van der Waals surface area contributed by atoms with Gasteiger partial charge in [-0.25, -0.2) is 4.79 Å². The van der Waals surface area contributed by atoms with Gasteiger partial charge in [0.1, 0.15) is 12.2 Å². The van der Waals surface area contributed by atoms with Gasteiger partial charge in [-0.05, 0) is 31.6 Å². The van der Waals surface area contributed by atoms with Gasteiger partial charge in [0.05, 0.1) is 17.4 Å². The molecule has 26 heavy (non-hydrogen) atoms. The van der Waals surface area contributed by atoms with Gasteiger partial charge in [-0.2, -0.15) is 0 Å². The van der Waals surface area contributed by atoms with Crippen molar-refractivity contribution in [3.8, 4) is 0 Å². The van der Waals surface area contributed by atoms with E-state index in [1.54, 1.807) is 21.0 Å². The minimum atomic E-state index is -1.02. The average Bonchev–Trinajstić information content (AvgIpc) is 3.05. The van der Waals surface area contributed by atoms with Crippen molar-refractivity contribution in [1.29, 1.82) is 0 Å². The van der Waals surface area contributed by atoms with Crippen LogP contribution >= 0.6 is 0 Å². The van der Waals surface area contributed by atoms with E-state index in [2.05, 4.69) is 6.58 Å². The normalized spacial score (nSPS) is 41.0. The van der Waals surface area contributed by atoms with Gasteiger partial charge < -0.3 is 18.9 Å². The third kappa shape index (κ3) is 3.01. The van der Waals surface area contributed by atoms with Crippen LogP contribution in [0.3, 0.4) is 0 Å². The monoisotopic (exact) mass is 362 g/mol. The number of carbonyl (C=O) groups excluding carboxylic acids is 2. The lowest BCUT2D eigenvalue weighted by molar-refractivity contribution is -0.204. The first-order chi connectivity index (χ1) is 12.1. The van der Waals surface area contributed by atoms with Crippen LogP contribution in [0.15, 0.2) is 36.0 Å². The van der Waals surface area contributed by atoms with Gasteiger partial charge in [-0.15, -0.1) is 0 Å². The number of carbonyl (C=O) groups is 2. The van der Waals surface area contributed by atoms with Crippen LogP contribution in [0, 0.1) is 11.8 Å². The molecule has 0 aromatic heterocycles. The van der Waals surface area contributed by atoms with E-state index < -0.39 is 35.5 Å². The van der Waals surface area contributed by atoms with Crippen molar-refractivity contribution in [2.75, 3.05) is 7.11 Å². The predicted octanol–water partition coefficient (Wildman–Crippen LogP) is 2.69. The van der Waals surface area contributed by atoms with Gasteiger partial charge >= 0.3 is 11.9 Å². The van der Waals surface area contributed by atoms with Crippen LogP contribution in [0.2, 0.25) is 0 Å². The molecular formula is C20H26O6. The molecule has 1 saturated heterocycles. The number of esters is 2. The molecule has 3 heterocycles. The summed E-state index contributed by atoms with van der Waals surface area (Å²) in [5.74, 6) is -2.55. The molecule has 0 spiro atoms. The molecule has 3 aliphatic heterocycles. The van der Waals surface area contributed by atoms with Crippen LogP contribution in [0.5, 0.6) is 0 Å². The van der Waals surface area contributed by atoms with E-state index in [0.29, 0.717) is 12.0 Å². The number of rotatable bonds is 3. The summed E-state index contributed by atoms with van der Waals surface area (Å²) in [4.78, 5) is 24.4. The van der Waals surface area contributed by atoms with Gasteiger partial charge in [0, 0.05) is 19.1 Å². The Morgan fingerprint density at radius 2 is 2.08 bits per heavy atom. The van der Waals surface area contributed by atoms with Gasteiger partial charge in [-0.3, -0.25) is 4.79 Å². The average molecular weight is 362 g/mol. The van der Waals surface area contributed by atoms with Crippen LogP contribution in [-0.4, -0.2) is 42.6 Å². The highest BCUT2D eigenvalue weighted by Gasteiger charge is 2.52. The van der Waals surface area contributed by atoms with E-state index >= 15 is 0 Å². The van der Waals surface area contributed by atoms with Gasteiger partial charge in [0.15, 0.2) is 0 Å². The Bertz CT molecular complexity index is 705. The second kappa shape index (κ2) is 6.35. The fourth-order valence-corrected chi connectivity index (χ4v) is 3.76. The van der Waals surface area contributed by atoms with Crippen molar-refractivity contribution in [2.45, 2.75) is 57.7 Å². The fraction of sp³-hybridized carbons (Fsp3) is 0.600. The summed E-state index contributed by atoms with van der Waals surface area (Å²) in [6, 6.07) is 0. The second-order valence-corrected chi connectivity index (χ2v) is 7.72. The molecule has 0 aromatic carbocycles. The highest BCUT2D eigenvalue weighted by atomic mass is 16.7. The Morgan fingerprint density at radius 3 is 2.69 bits per heavy atom. The Hall–Kier alpha value is -1.92. The SMILES string of the molecule is C=C1C(=O)O[C@@H]2/C=C(/C)C3(OC)C=CC(C)(C[C@@H](OC(=O)C(C)C)[C@@H]12)O3. The summed E-state index contributed by atoms with van der Waals surface area (Å²) >= 11 is 0. The molecule has 142 valence electrons. The topological polar surface area (TPSA) is 71.1 Å². The maximum Gasteiger partial charge on any atom is 0.334 e. The molecule has 1 fully saturated rings. The molecule has 2 unspecified atom stereocenters. The van der Waals surface area contributed by atoms with Crippen LogP contribution in [0.25, 0.3) is 0 Å². The standard InChI is InChI=1S/C20H26O6/c1-11(2)17(21)25-15-10-19(5)7-8-20(23-6,26-19)12(3)9-14-16(15)13(4)18(22)24-14/h7-9,11,14-16H,4,10H2,1-3,5-6H3/b12-9-/t14-,15-,16+,19?,20?/m1/s1.